The Morgan fingerprint density at radius 1 is 1.20 bits per heavy atom. The van der Waals surface area contributed by atoms with E-state index in [2.05, 4.69) is 28.8 Å². The lowest BCUT2D eigenvalue weighted by atomic mass is 10.00. The molecule has 1 fully saturated rings. The van der Waals surface area contributed by atoms with Crippen molar-refractivity contribution in [2.75, 3.05) is 17.9 Å². The van der Waals surface area contributed by atoms with Gasteiger partial charge in [0.05, 0.1) is 7.11 Å². The van der Waals surface area contributed by atoms with Gasteiger partial charge in [-0.2, -0.15) is 4.98 Å². The number of hydrogen-bond acceptors (Lipinski definition) is 5. The molecule has 0 amide bonds. The van der Waals surface area contributed by atoms with E-state index in [-0.39, 0.29) is 0 Å². The normalized spacial score (nSPS) is 23.2. The number of nitrogen functional groups attached to an aromatic ring is 1. The Hall–Kier alpha value is -1.98. The fourth-order valence-corrected chi connectivity index (χ4v) is 3.09. The topological polar surface area (TPSA) is 69.2 Å². The van der Waals surface area contributed by atoms with E-state index in [1.807, 2.05) is 16.8 Å². The second-order valence-corrected chi connectivity index (χ2v) is 5.49. The van der Waals surface area contributed by atoms with Crippen LogP contribution < -0.4 is 15.5 Å². The second-order valence-electron chi connectivity index (χ2n) is 5.49. The van der Waals surface area contributed by atoms with E-state index in [0.29, 0.717) is 23.9 Å². The van der Waals surface area contributed by atoms with Gasteiger partial charge in [-0.1, -0.05) is 0 Å². The highest BCUT2D eigenvalue weighted by atomic mass is 16.5. The first-order chi connectivity index (χ1) is 9.61. The highest BCUT2D eigenvalue weighted by Gasteiger charge is 2.28. The van der Waals surface area contributed by atoms with Crippen LogP contribution in [0.25, 0.3) is 11.2 Å². The average molecular weight is 275 g/mol. The van der Waals surface area contributed by atoms with Crippen LogP contribution in [0.5, 0.6) is 5.88 Å². The highest BCUT2D eigenvalue weighted by molar-refractivity contribution is 5.75. The Morgan fingerprint density at radius 3 is 2.55 bits per heavy atom. The smallest absolute Gasteiger partial charge is 0.222 e. The molecule has 2 unspecified atom stereocenters. The zero-order chi connectivity index (χ0) is 14.3. The summed E-state index contributed by atoms with van der Waals surface area (Å²) in [5, 5.41) is 2.29. The highest BCUT2D eigenvalue weighted by Crippen LogP contribution is 2.27. The predicted octanol–water partition coefficient (Wildman–Crippen LogP) is 1.92. The largest absolute Gasteiger partial charge is 0.481 e. The average Bonchev–Trinajstić information content (AvgIpc) is 2.74. The maximum absolute atomic E-state index is 6.13. The zero-order valence-corrected chi connectivity index (χ0v) is 12.2. The summed E-state index contributed by atoms with van der Waals surface area (Å²) in [6, 6.07) is 4.55. The molecule has 108 valence electrons. The third kappa shape index (κ3) is 1.95. The van der Waals surface area contributed by atoms with Gasteiger partial charge in [-0.3, -0.25) is 0 Å². The lowest BCUT2D eigenvalue weighted by Gasteiger charge is -2.41. The molecule has 2 aromatic rings. The van der Waals surface area contributed by atoms with Gasteiger partial charge in [-0.25, -0.2) is 9.66 Å². The second kappa shape index (κ2) is 4.85. The van der Waals surface area contributed by atoms with Crippen molar-refractivity contribution in [1.82, 2.24) is 14.6 Å². The molecule has 0 aliphatic carbocycles. The lowest BCUT2D eigenvalue weighted by Crippen LogP contribution is -2.51. The first-order valence-electron chi connectivity index (χ1n) is 7.09. The van der Waals surface area contributed by atoms with E-state index in [4.69, 9.17) is 10.5 Å². The molecule has 1 aliphatic rings. The van der Waals surface area contributed by atoms with Gasteiger partial charge < -0.3 is 15.5 Å². The number of piperidine rings is 1. The number of nitrogens with zero attached hydrogens (tertiary/aromatic N) is 4. The van der Waals surface area contributed by atoms with Crippen LogP contribution in [-0.2, 0) is 0 Å². The van der Waals surface area contributed by atoms with Crippen LogP contribution >= 0.6 is 0 Å². The number of fused-ring (bicyclic) bond motifs is 1. The summed E-state index contributed by atoms with van der Waals surface area (Å²) in [7, 11) is 1.62. The number of ether oxygens (including phenoxy) is 1. The quantitative estimate of drug-likeness (QED) is 0.906. The van der Waals surface area contributed by atoms with Gasteiger partial charge in [0.2, 0.25) is 11.8 Å². The number of aromatic nitrogens is 3. The predicted molar refractivity (Wildman–Crippen MR) is 79.5 cm³/mol. The van der Waals surface area contributed by atoms with Crippen molar-refractivity contribution < 1.29 is 4.74 Å². The summed E-state index contributed by atoms with van der Waals surface area (Å²) in [6.07, 6.45) is 3.57. The van der Waals surface area contributed by atoms with Crippen molar-refractivity contribution in [3.8, 4) is 5.88 Å². The van der Waals surface area contributed by atoms with E-state index in [9.17, 15) is 0 Å². The molecule has 2 aromatic heterocycles. The zero-order valence-electron chi connectivity index (χ0n) is 12.2. The van der Waals surface area contributed by atoms with Gasteiger partial charge in [-0.15, -0.1) is 0 Å². The molecule has 3 heterocycles. The van der Waals surface area contributed by atoms with Crippen LogP contribution in [0, 0.1) is 0 Å². The molecule has 2 atom stereocenters. The Bertz CT molecular complexity index is 613. The van der Waals surface area contributed by atoms with Crippen LogP contribution in [-0.4, -0.2) is 33.8 Å². The third-order valence-electron chi connectivity index (χ3n) is 4.07. The SMILES string of the molecule is COc1ccc2nc(N)n(N3C(C)CCCC3C)c2n1. The minimum absolute atomic E-state index is 0.423. The van der Waals surface area contributed by atoms with Gasteiger partial charge in [-0.05, 0) is 39.2 Å². The van der Waals surface area contributed by atoms with Gasteiger partial charge in [0.1, 0.15) is 5.52 Å². The molecule has 1 aliphatic heterocycles. The Labute approximate surface area is 118 Å². The van der Waals surface area contributed by atoms with E-state index in [1.54, 1.807) is 7.11 Å². The molecule has 6 nitrogen and oxygen atoms in total. The van der Waals surface area contributed by atoms with Crippen molar-refractivity contribution in [3.63, 3.8) is 0 Å². The van der Waals surface area contributed by atoms with E-state index < -0.39 is 0 Å². The molecule has 1 saturated heterocycles. The fourth-order valence-electron chi connectivity index (χ4n) is 3.09. The van der Waals surface area contributed by atoms with Crippen LogP contribution in [0.15, 0.2) is 12.1 Å². The van der Waals surface area contributed by atoms with Crippen LogP contribution in [0.2, 0.25) is 0 Å². The first-order valence-corrected chi connectivity index (χ1v) is 7.09. The molecule has 0 saturated carbocycles. The summed E-state index contributed by atoms with van der Waals surface area (Å²) >= 11 is 0. The summed E-state index contributed by atoms with van der Waals surface area (Å²) in [6.45, 7) is 4.45. The van der Waals surface area contributed by atoms with E-state index in [1.165, 1.54) is 6.42 Å². The van der Waals surface area contributed by atoms with Gasteiger partial charge >= 0.3 is 0 Å². The standard InChI is InChI=1S/C14H21N5O/c1-9-5-4-6-10(2)18(9)19-13-11(16-14(19)15)7-8-12(17-13)20-3/h7-10H,4-6H2,1-3H3,(H2,15,16). The minimum atomic E-state index is 0.423. The molecule has 0 radical (unpaired) electrons. The van der Waals surface area contributed by atoms with Crippen LogP contribution in [0.4, 0.5) is 5.95 Å². The van der Waals surface area contributed by atoms with E-state index >= 15 is 0 Å². The van der Waals surface area contributed by atoms with Crippen molar-refractivity contribution in [3.05, 3.63) is 12.1 Å². The van der Waals surface area contributed by atoms with Crippen LogP contribution in [0.1, 0.15) is 33.1 Å². The number of rotatable bonds is 2. The molecular weight excluding hydrogens is 254 g/mol. The maximum Gasteiger partial charge on any atom is 0.222 e. The number of imidazole rings is 1. The van der Waals surface area contributed by atoms with Crippen molar-refractivity contribution in [1.29, 1.82) is 0 Å². The maximum atomic E-state index is 6.13. The van der Waals surface area contributed by atoms with Crippen LogP contribution in [0.3, 0.4) is 0 Å². The molecule has 3 rings (SSSR count). The molecular formula is C14H21N5O. The monoisotopic (exact) mass is 275 g/mol. The number of nitrogens with two attached hydrogens (primary N) is 1. The Balaban J connectivity index is 2.16. The fraction of sp³-hybridized carbons (Fsp3) is 0.571. The summed E-state index contributed by atoms with van der Waals surface area (Å²) in [5.74, 6) is 1.07. The Kier molecular flexibility index (Phi) is 3.16. The summed E-state index contributed by atoms with van der Waals surface area (Å²) in [5.41, 5.74) is 7.69. The van der Waals surface area contributed by atoms with E-state index in [0.717, 1.165) is 24.0 Å². The molecule has 0 spiro atoms. The van der Waals surface area contributed by atoms with Gasteiger partial charge in [0.15, 0.2) is 5.65 Å². The van der Waals surface area contributed by atoms with Crippen molar-refractivity contribution >= 4 is 17.1 Å². The first kappa shape index (κ1) is 13.0. The molecule has 2 N–H and O–H groups in total. The third-order valence-corrected chi connectivity index (χ3v) is 4.07. The Morgan fingerprint density at radius 2 is 1.90 bits per heavy atom. The lowest BCUT2D eigenvalue weighted by molar-refractivity contribution is 0.341. The minimum Gasteiger partial charge on any atom is -0.481 e. The number of hydrogen-bond donors (Lipinski definition) is 1. The van der Waals surface area contributed by atoms with Crippen molar-refractivity contribution in [2.24, 2.45) is 0 Å². The molecule has 6 heteroatoms. The summed E-state index contributed by atoms with van der Waals surface area (Å²) < 4.78 is 7.17. The van der Waals surface area contributed by atoms with Gasteiger partial charge in [0, 0.05) is 18.2 Å². The van der Waals surface area contributed by atoms with Gasteiger partial charge in [0.25, 0.3) is 0 Å². The molecule has 20 heavy (non-hydrogen) atoms. The number of anilines is 1. The number of pyridine rings is 1. The number of methoxy groups -OCH3 is 1. The summed E-state index contributed by atoms with van der Waals surface area (Å²) in [4.78, 5) is 8.93. The molecule has 0 aromatic carbocycles. The molecule has 0 bridgehead atoms. The van der Waals surface area contributed by atoms with Crippen molar-refractivity contribution in [2.45, 2.75) is 45.2 Å².